The molecule has 6 rings (SSSR count). The summed E-state index contributed by atoms with van der Waals surface area (Å²) in [5.74, 6) is 5.33. The summed E-state index contributed by atoms with van der Waals surface area (Å²) < 4.78 is 67.0. The molecule has 2 N–H and O–H groups in total. The number of amides is 1. The van der Waals surface area contributed by atoms with E-state index in [2.05, 4.69) is 17.3 Å². The van der Waals surface area contributed by atoms with E-state index in [0.717, 1.165) is 35.8 Å². The average molecular weight is 767 g/mol. The van der Waals surface area contributed by atoms with E-state index in [1.807, 2.05) is 5.01 Å². The van der Waals surface area contributed by atoms with E-state index in [1.54, 1.807) is 24.3 Å². The number of halogens is 5. The topological polar surface area (TPSA) is 117 Å². The molecule has 4 aromatic rings. The van der Waals surface area contributed by atoms with E-state index < -0.39 is 35.0 Å². The number of aliphatic hydroxyl groups is 1. The van der Waals surface area contributed by atoms with Gasteiger partial charge in [-0.05, 0) is 73.9 Å². The van der Waals surface area contributed by atoms with Gasteiger partial charge in [0.05, 0.1) is 44.4 Å². The predicted molar refractivity (Wildman–Crippen MR) is 184 cm³/mol. The van der Waals surface area contributed by atoms with Crippen LogP contribution in [0.4, 0.5) is 13.2 Å². The number of hydrogen-bond acceptors (Lipinski definition) is 8. The van der Waals surface area contributed by atoms with Crippen LogP contribution in [-0.4, -0.2) is 76.3 Å². The molecule has 0 spiro atoms. The summed E-state index contributed by atoms with van der Waals surface area (Å²) in [6.45, 7) is 1.35. The minimum atomic E-state index is -4.46. The molecule has 50 heavy (non-hydrogen) atoms. The van der Waals surface area contributed by atoms with Crippen LogP contribution < -0.4 is 5.43 Å². The molecule has 17 heteroatoms. The number of hydrogen-bond donors (Lipinski definition) is 2. The number of carbonyl (C=O) groups is 1. The Labute approximate surface area is 302 Å². The number of carbonyl (C=O) groups excluding carboxylic acids is 1. The number of nitrogens with one attached hydrogen (secondary N) is 1. The fourth-order valence-corrected chi connectivity index (χ4v) is 7.76. The fourth-order valence-electron chi connectivity index (χ4n) is 5.78. The van der Waals surface area contributed by atoms with Crippen molar-refractivity contribution in [3.05, 3.63) is 91.9 Å². The Hall–Kier alpha value is -3.30. The third kappa shape index (κ3) is 8.42. The lowest BCUT2D eigenvalue weighted by Gasteiger charge is -2.33. The van der Waals surface area contributed by atoms with Crippen LogP contribution in [0.3, 0.4) is 0 Å². The molecule has 2 aliphatic rings. The van der Waals surface area contributed by atoms with Crippen molar-refractivity contribution in [3.63, 3.8) is 0 Å². The number of nitrogens with zero attached hydrogens (tertiary/aromatic N) is 5. The van der Waals surface area contributed by atoms with Crippen molar-refractivity contribution in [1.82, 2.24) is 29.6 Å². The molecule has 1 amide bonds. The van der Waals surface area contributed by atoms with E-state index >= 15 is 0 Å². The maximum absolute atomic E-state index is 14.0. The molecule has 1 unspecified atom stereocenters. The molecule has 2 aromatic heterocycles. The van der Waals surface area contributed by atoms with Crippen LogP contribution in [0.2, 0.25) is 10.0 Å². The van der Waals surface area contributed by atoms with E-state index in [1.165, 1.54) is 39.2 Å². The Kier molecular flexibility index (Phi) is 11.3. The molecule has 0 saturated carbocycles. The third-order valence-corrected chi connectivity index (χ3v) is 10.5. The van der Waals surface area contributed by atoms with E-state index in [4.69, 9.17) is 28.3 Å². The summed E-state index contributed by atoms with van der Waals surface area (Å²) in [6.07, 6.45) is -1.97. The lowest BCUT2D eigenvalue weighted by molar-refractivity contribution is -0.137. The monoisotopic (exact) mass is 765 g/mol. The predicted octanol–water partition coefficient (Wildman–Crippen LogP) is 6.03. The Bertz CT molecular complexity index is 1950. The van der Waals surface area contributed by atoms with Crippen molar-refractivity contribution in [1.29, 1.82) is 0 Å². The van der Waals surface area contributed by atoms with Crippen molar-refractivity contribution in [2.24, 2.45) is 0 Å². The Balaban J connectivity index is 1.46. The van der Waals surface area contributed by atoms with E-state index in [0.29, 0.717) is 51.2 Å². The highest BCUT2D eigenvalue weighted by Gasteiger charge is 2.33. The van der Waals surface area contributed by atoms with Gasteiger partial charge in [0.1, 0.15) is 0 Å². The molecule has 2 aromatic carbocycles. The SMILES string of the molecule is O=C(NN1CCCCC1)c1nn(-c2ccc(Cl)cc2Cl)c(-c2ccc(C#Cc3ccc(C(F)(F)F)cc3)s2)c1CN(N1CC[C@H](O)C1)S(=O)[O-]. The second-order valence-electron chi connectivity index (χ2n) is 11.7. The highest BCUT2D eigenvalue weighted by Crippen LogP contribution is 2.38. The molecule has 10 nitrogen and oxygen atoms in total. The Morgan fingerprint density at radius 1 is 1.08 bits per heavy atom. The molecular formula is C33H30Cl2F3N6O4S2-. The van der Waals surface area contributed by atoms with Crippen molar-refractivity contribution in [2.45, 2.75) is 44.5 Å². The lowest BCUT2D eigenvalue weighted by atomic mass is 10.1. The van der Waals surface area contributed by atoms with Gasteiger partial charge in [-0.25, -0.2) is 14.7 Å². The fraction of sp³-hybridized carbons (Fsp3) is 0.333. The van der Waals surface area contributed by atoms with Crippen molar-refractivity contribution >= 4 is 51.7 Å². The zero-order valence-electron chi connectivity index (χ0n) is 26.3. The molecule has 264 valence electrons. The van der Waals surface area contributed by atoms with Crippen LogP contribution in [0.1, 0.15) is 57.7 Å². The number of β-amino-alcohol motifs (C(OH)–C–C–N with tert-alkyl or cyclic N) is 1. The highest BCUT2D eigenvalue weighted by atomic mass is 35.5. The third-order valence-electron chi connectivity index (χ3n) is 8.26. The molecule has 0 aliphatic carbocycles. The van der Waals surface area contributed by atoms with Crippen LogP contribution in [0, 0.1) is 11.8 Å². The number of rotatable bonds is 8. The number of thiophene rings is 1. The van der Waals surface area contributed by atoms with Crippen LogP contribution in [-0.2, 0) is 24.0 Å². The zero-order chi connectivity index (χ0) is 35.6. The van der Waals surface area contributed by atoms with Crippen molar-refractivity contribution < 1.29 is 31.8 Å². The minimum absolute atomic E-state index is 0.0300. The van der Waals surface area contributed by atoms with Crippen LogP contribution in [0.15, 0.2) is 54.6 Å². The normalized spacial score (nSPS) is 17.9. The average Bonchev–Trinajstić information content (AvgIpc) is 3.81. The molecule has 2 saturated heterocycles. The first-order valence-electron chi connectivity index (χ1n) is 15.6. The first-order chi connectivity index (χ1) is 23.9. The quantitative estimate of drug-likeness (QED) is 0.166. The Morgan fingerprint density at radius 3 is 2.46 bits per heavy atom. The maximum atomic E-state index is 14.0. The van der Waals surface area contributed by atoms with Gasteiger partial charge in [-0.3, -0.25) is 14.4 Å². The summed E-state index contributed by atoms with van der Waals surface area (Å²) in [4.78, 5) is 15.1. The zero-order valence-corrected chi connectivity index (χ0v) is 29.4. The van der Waals surface area contributed by atoms with Gasteiger partial charge in [0.15, 0.2) is 5.69 Å². The van der Waals surface area contributed by atoms with Crippen molar-refractivity contribution in [2.75, 3.05) is 26.2 Å². The summed E-state index contributed by atoms with van der Waals surface area (Å²) in [5, 5.41) is 18.8. The number of hydrazine groups is 2. The van der Waals surface area contributed by atoms with Gasteiger partial charge in [0.2, 0.25) is 0 Å². The number of benzene rings is 2. The number of aliphatic hydroxyl groups excluding tert-OH is 1. The molecule has 2 aliphatic heterocycles. The number of alkyl halides is 3. The molecule has 4 heterocycles. The smallest absolute Gasteiger partial charge is 0.416 e. The molecule has 0 radical (unpaired) electrons. The van der Waals surface area contributed by atoms with Gasteiger partial charge in [0.25, 0.3) is 5.91 Å². The van der Waals surface area contributed by atoms with Gasteiger partial charge in [-0.15, -0.1) is 11.3 Å². The first-order valence-corrected chi connectivity index (χ1v) is 18.2. The largest absolute Gasteiger partial charge is 0.759 e. The molecule has 2 fully saturated rings. The summed E-state index contributed by atoms with van der Waals surface area (Å²) >= 11 is 11.3. The maximum Gasteiger partial charge on any atom is 0.416 e. The summed E-state index contributed by atoms with van der Waals surface area (Å²) in [6, 6.07) is 12.7. The minimum Gasteiger partial charge on any atom is -0.759 e. The van der Waals surface area contributed by atoms with Gasteiger partial charge in [-0.1, -0.05) is 41.5 Å². The Morgan fingerprint density at radius 2 is 1.82 bits per heavy atom. The van der Waals surface area contributed by atoms with Gasteiger partial charge < -0.3 is 9.66 Å². The standard InChI is InChI=1S/C33H31Cl2F3N6O4S2/c34-23-9-12-28(27(35)18-23)44-31(29-13-11-25(49-29)10-6-21-4-7-22(8-5-21)33(36,37)38)26(20-43(50(47)48)42-17-14-24(45)19-42)30(39-44)32(46)40-41-15-2-1-3-16-41/h4-5,7-9,11-13,18,24,45H,1-3,14-17,19-20H2,(H,40,46)(H,47,48)/p-1/t24-/m0/s1. The molecule has 0 bridgehead atoms. The van der Waals surface area contributed by atoms with Crippen LogP contribution in [0.25, 0.3) is 16.3 Å². The number of piperidine rings is 1. The first kappa shape index (κ1) is 36.5. The van der Waals surface area contributed by atoms with Crippen LogP contribution in [0.5, 0.6) is 0 Å². The second-order valence-corrected chi connectivity index (χ2v) is 14.5. The van der Waals surface area contributed by atoms with E-state index in [-0.39, 0.29) is 35.9 Å². The number of aromatic nitrogens is 2. The lowest BCUT2D eigenvalue weighted by Crippen LogP contribution is -2.46. The van der Waals surface area contributed by atoms with Gasteiger partial charge in [0, 0.05) is 53.6 Å². The molecular weight excluding hydrogens is 736 g/mol. The second kappa shape index (κ2) is 15.5. The van der Waals surface area contributed by atoms with Crippen LogP contribution >= 0.6 is 34.5 Å². The van der Waals surface area contributed by atoms with E-state index in [9.17, 15) is 31.8 Å². The van der Waals surface area contributed by atoms with Gasteiger partial charge >= 0.3 is 6.18 Å². The molecule has 2 atom stereocenters. The van der Waals surface area contributed by atoms with Gasteiger partial charge in [-0.2, -0.15) is 22.7 Å². The summed E-state index contributed by atoms with van der Waals surface area (Å²) in [5.41, 5.74) is 3.53. The summed E-state index contributed by atoms with van der Waals surface area (Å²) in [7, 11) is 0. The van der Waals surface area contributed by atoms with Crippen molar-refractivity contribution in [3.8, 4) is 28.1 Å². The highest BCUT2D eigenvalue weighted by molar-refractivity contribution is 7.76.